The van der Waals surface area contributed by atoms with Gasteiger partial charge in [0.1, 0.15) is 5.82 Å². The van der Waals surface area contributed by atoms with Crippen molar-refractivity contribution in [1.29, 1.82) is 0 Å². The van der Waals surface area contributed by atoms with Crippen molar-refractivity contribution in [2.75, 3.05) is 32.7 Å². The Hall–Kier alpha value is -0.890. The molecule has 0 unspecified atom stereocenters. The van der Waals surface area contributed by atoms with Crippen molar-refractivity contribution >= 4 is 29.9 Å². The first-order valence-electron chi connectivity index (χ1n) is 9.18. The summed E-state index contributed by atoms with van der Waals surface area (Å²) in [7, 11) is 0. The fourth-order valence-corrected chi connectivity index (χ4v) is 2.92. The first kappa shape index (κ1) is 22.2. The number of guanidine groups is 1. The van der Waals surface area contributed by atoms with E-state index >= 15 is 0 Å². The van der Waals surface area contributed by atoms with Gasteiger partial charge in [-0.05, 0) is 76.4 Å². The van der Waals surface area contributed by atoms with Gasteiger partial charge in [-0.3, -0.25) is 0 Å². The second-order valence-electron chi connectivity index (χ2n) is 6.46. The molecule has 25 heavy (non-hydrogen) atoms. The molecule has 0 spiro atoms. The van der Waals surface area contributed by atoms with E-state index in [1.165, 1.54) is 38.9 Å². The molecule has 0 amide bonds. The monoisotopic (exact) mass is 462 g/mol. The highest BCUT2D eigenvalue weighted by Gasteiger charge is 2.10. The van der Waals surface area contributed by atoms with Gasteiger partial charge >= 0.3 is 0 Å². The number of rotatable bonds is 8. The van der Waals surface area contributed by atoms with Crippen molar-refractivity contribution in [3.05, 3.63) is 35.1 Å². The van der Waals surface area contributed by atoms with Crippen LogP contribution in [0, 0.1) is 12.7 Å². The number of hydrogen-bond acceptors (Lipinski definition) is 2. The molecular formula is C19H32FIN4. The minimum atomic E-state index is -0.164. The Bertz CT molecular complexity index is 530. The molecule has 0 saturated carbocycles. The van der Waals surface area contributed by atoms with Gasteiger partial charge < -0.3 is 15.5 Å². The Morgan fingerprint density at radius 1 is 1.20 bits per heavy atom. The second kappa shape index (κ2) is 12.5. The number of hydrogen-bond donors (Lipinski definition) is 2. The highest BCUT2D eigenvalue weighted by atomic mass is 127. The largest absolute Gasteiger partial charge is 0.357 e. The third-order valence-electron chi connectivity index (χ3n) is 4.39. The average Bonchev–Trinajstić information content (AvgIpc) is 3.08. The summed E-state index contributed by atoms with van der Waals surface area (Å²) < 4.78 is 13.6. The van der Waals surface area contributed by atoms with E-state index in [2.05, 4.69) is 27.4 Å². The lowest BCUT2D eigenvalue weighted by molar-refractivity contribution is 0.330. The van der Waals surface area contributed by atoms with E-state index in [0.717, 1.165) is 31.0 Å². The van der Waals surface area contributed by atoms with Crippen LogP contribution in [-0.4, -0.2) is 43.6 Å². The Morgan fingerprint density at radius 3 is 2.64 bits per heavy atom. The molecule has 2 N–H and O–H groups in total. The topological polar surface area (TPSA) is 39.7 Å². The third-order valence-corrected chi connectivity index (χ3v) is 4.39. The van der Waals surface area contributed by atoms with E-state index in [0.29, 0.717) is 12.1 Å². The SMILES string of the molecule is CCNC(=NCc1ccc(C)c(F)c1)NCCCCN1CCCC1.I. The molecule has 1 aromatic rings. The molecule has 0 bridgehead atoms. The molecule has 1 aromatic carbocycles. The number of unbranched alkanes of at least 4 members (excludes halogenated alkanes) is 1. The number of benzene rings is 1. The van der Waals surface area contributed by atoms with Crippen molar-refractivity contribution in [3.63, 3.8) is 0 Å². The molecule has 1 aliphatic heterocycles. The first-order chi connectivity index (χ1) is 11.7. The summed E-state index contributed by atoms with van der Waals surface area (Å²) in [6.45, 7) is 9.80. The summed E-state index contributed by atoms with van der Waals surface area (Å²) in [6, 6.07) is 5.30. The van der Waals surface area contributed by atoms with Gasteiger partial charge in [0, 0.05) is 13.1 Å². The van der Waals surface area contributed by atoms with Crippen molar-refractivity contribution in [2.24, 2.45) is 4.99 Å². The fraction of sp³-hybridized carbons (Fsp3) is 0.632. The van der Waals surface area contributed by atoms with Crippen LogP contribution in [0.15, 0.2) is 23.2 Å². The molecule has 4 nitrogen and oxygen atoms in total. The van der Waals surface area contributed by atoms with E-state index in [-0.39, 0.29) is 29.8 Å². The van der Waals surface area contributed by atoms with Crippen LogP contribution in [0.4, 0.5) is 4.39 Å². The average molecular weight is 462 g/mol. The summed E-state index contributed by atoms with van der Waals surface area (Å²) in [4.78, 5) is 7.09. The van der Waals surface area contributed by atoms with Crippen LogP contribution in [0.25, 0.3) is 0 Å². The molecule has 1 heterocycles. The van der Waals surface area contributed by atoms with Gasteiger partial charge in [0.05, 0.1) is 6.54 Å². The number of aliphatic imine (C=N–C) groups is 1. The maximum atomic E-state index is 13.6. The number of likely N-dealkylation sites (tertiary alicyclic amines) is 1. The first-order valence-corrected chi connectivity index (χ1v) is 9.18. The molecule has 2 rings (SSSR count). The molecule has 142 valence electrons. The van der Waals surface area contributed by atoms with Gasteiger partial charge in [0.25, 0.3) is 0 Å². The molecule has 0 atom stereocenters. The quantitative estimate of drug-likeness (QED) is 0.268. The Kier molecular flexibility index (Phi) is 11.0. The summed E-state index contributed by atoms with van der Waals surface area (Å²) >= 11 is 0. The lowest BCUT2D eigenvalue weighted by atomic mass is 10.1. The van der Waals surface area contributed by atoms with Crippen LogP contribution in [0.5, 0.6) is 0 Å². The van der Waals surface area contributed by atoms with Crippen LogP contribution in [-0.2, 0) is 6.54 Å². The molecule has 1 saturated heterocycles. The van der Waals surface area contributed by atoms with E-state index in [1.54, 1.807) is 19.1 Å². The van der Waals surface area contributed by atoms with Crippen LogP contribution in [0.1, 0.15) is 43.7 Å². The zero-order chi connectivity index (χ0) is 17.2. The normalized spacial score (nSPS) is 15.1. The summed E-state index contributed by atoms with van der Waals surface area (Å²) in [5.41, 5.74) is 1.56. The predicted molar refractivity (Wildman–Crippen MR) is 114 cm³/mol. The van der Waals surface area contributed by atoms with Gasteiger partial charge in [-0.1, -0.05) is 12.1 Å². The smallest absolute Gasteiger partial charge is 0.191 e. The number of nitrogens with zero attached hydrogens (tertiary/aromatic N) is 2. The predicted octanol–water partition coefficient (Wildman–Crippen LogP) is 3.68. The summed E-state index contributed by atoms with van der Waals surface area (Å²) in [5.74, 6) is 0.641. The second-order valence-corrected chi connectivity index (χ2v) is 6.46. The molecule has 0 aliphatic carbocycles. The lowest BCUT2D eigenvalue weighted by Gasteiger charge is -2.15. The highest BCUT2D eigenvalue weighted by Crippen LogP contribution is 2.10. The summed E-state index contributed by atoms with van der Waals surface area (Å²) in [5, 5.41) is 6.61. The summed E-state index contributed by atoms with van der Waals surface area (Å²) in [6.07, 6.45) is 5.07. The Balaban J connectivity index is 0.00000312. The van der Waals surface area contributed by atoms with Crippen LogP contribution < -0.4 is 10.6 Å². The zero-order valence-electron chi connectivity index (χ0n) is 15.5. The van der Waals surface area contributed by atoms with Crippen molar-refractivity contribution in [1.82, 2.24) is 15.5 Å². The standard InChI is InChI=1S/C19H31FN4.HI/c1-3-21-19(22-10-4-5-11-24-12-6-7-13-24)23-15-17-9-8-16(2)18(20)14-17;/h8-9,14H,3-7,10-13,15H2,1-2H3,(H2,21,22,23);1H. The minimum Gasteiger partial charge on any atom is -0.357 e. The molecule has 1 aliphatic rings. The van der Waals surface area contributed by atoms with Crippen LogP contribution in [0.2, 0.25) is 0 Å². The third kappa shape index (κ3) is 8.35. The molecular weight excluding hydrogens is 430 g/mol. The van der Waals surface area contributed by atoms with Gasteiger partial charge in [-0.2, -0.15) is 0 Å². The van der Waals surface area contributed by atoms with Gasteiger partial charge in [0.2, 0.25) is 0 Å². The van der Waals surface area contributed by atoms with Gasteiger partial charge in [-0.25, -0.2) is 9.38 Å². The highest BCUT2D eigenvalue weighted by molar-refractivity contribution is 14.0. The van der Waals surface area contributed by atoms with Crippen molar-refractivity contribution in [3.8, 4) is 0 Å². The van der Waals surface area contributed by atoms with Crippen molar-refractivity contribution < 1.29 is 4.39 Å². The Labute approximate surface area is 168 Å². The van der Waals surface area contributed by atoms with Gasteiger partial charge in [-0.15, -0.1) is 24.0 Å². The number of halogens is 2. The maximum absolute atomic E-state index is 13.6. The van der Waals surface area contributed by atoms with E-state index < -0.39 is 0 Å². The molecule has 6 heteroatoms. The Morgan fingerprint density at radius 2 is 1.96 bits per heavy atom. The maximum Gasteiger partial charge on any atom is 0.191 e. The number of nitrogens with one attached hydrogen (secondary N) is 2. The van der Waals surface area contributed by atoms with E-state index in [4.69, 9.17) is 0 Å². The number of aryl methyl sites for hydroxylation is 1. The minimum absolute atomic E-state index is 0. The molecule has 1 fully saturated rings. The van der Waals surface area contributed by atoms with E-state index in [1.807, 2.05) is 6.07 Å². The lowest BCUT2D eigenvalue weighted by Crippen LogP contribution is -2.38. The van der Waals surface area contributed by atoms with Gasteiger partial charge in [0.15, 0.2) is 5.96 Å². The molecule has 0 aromatic heterocycles. The van der Waals surface area contributed by atoms with E-state index in [9.17, 15) is 4.39 Å². The van der Waals surface area contributed by atoms with Crippen LogP contribution in [0.3, 0.4) is 0 Å². The zero-order valence-corrected chi connectivity index (χ0v) is 17.8. The van der Waals surface area contributed by atoms with Crippen molar-refractivity contribution in [2.45, 2.75) is 46.1 Å². The molecule has 0 radical (unpaired) electrons. The fourth-order valence-electron chi connectivity index (χ4n) is 2.92. The van der Waals surface area contributed by atoms with Crippen LogP contribution >= 0.6 is 24.0 Å².